The van der Waals surface area contributed by atoms with E-state index in [0.29, 0.717) is 17.2 Å². The maximum absolute atomic E-state index is 12.6. The Kier molecular flexibility index (Phi) is 4.52. The molecule has 0 atom stereocenters. The van der Waals surface area contributed by atoms with Gasteiger partial charge in [-0.1, -0.05) is 36.9 Å². The number of aromatic amines is 1. The van der Waals surface area contributed by atoms with Gasteiger partial charge in [-0.2, -0.15) is 0 Å². The average Bonchev–Trinajstić information content (AvgIpc) is 2.89. The van der Waals surface area contributed by atoms with Crippen molar-refractivity contribution in [2.45, 2.75) is 6.92 Å². The van der Waals surface area contributed by atoms with Gasteiger partial charge in [0.25, 0.3) is 5.56 Å². The molecule has 3 rings (SSSR count). The quantitative estimate of drug-likeness (QED) is 0.754. The maximum atomic E-state index is 12.6. The summed E-state index contributed by atoms with van der Waals surface area (Å²) in [6.07, 6.45) is 1.65. The van der Waals surface area contributed by atoms with E-state index in [2.05, 4.69) is 17.0 Å². The molecule has 0 aliphatic rings. The zero-order chi connectivity index (χ0) is 16.9. The molecule has 2 N–H and O–H groups in total. The van der Waals surface area contributed by atoms with Crippen LogP contribution in [0.5, 0.6) is 5.75 Å². The lowest BCUT2D eigenvalue weighted by molar-refractivity contribution is 0.342. The molecule has 0 aliphatic heterocycles. The van der Waals surface area contributed by atoms with Gasteiger partial charge in [-0.3, -0.25) is 9.89 Å². The fraction of sp³-hybridized carbons (Fsp3) is 0.105. The summed E-state index contributed by atoms with van der Waals surface area (Å²) in [7, 11) is 0. The lowest BCUT2D eigenvalue weighted by Gasteiger charge is -2.08. The lowest BCUT2D eigenvalue weighted by atomic mass is 10.3. The van der Waals surface area contributed by atoms with Crippen LogP contribution in [0, 0.1) is 0 Å². The highest BCUT2D eigenvalue weighted by molar-refractivity contribution is 5.63. The molecule has 1 heterocycles. The second kappa shape index (κ2) is 6.91. The van der Waals surface area contributed by atoms with E-state index >= 15 is 0 Å². The summed E-state index contributed by atoms with van der Waals surface area (Å²) in [6, 6.07) is 17.0. The van der Waals surface area contributed by atoms with Gasteiger partial charge in [0.1, 0.15) is 5.75 Å². The Labute approximate surface area is 139 Å². The Hall–Kier alpha value is -3.21. The van der Waals surface area contributed by atoms with Gasteiger partial charge in [0.2, 0.25) is 0 Å². The Morgan fingerprint density at radius 2 is 1.88 bits per heavy atom. The summed E-state index contributed by atoms with van der Waals surface area (Å²) in [5, 5.41) is 7.16. The molecular weight excluding hydrogens is 302 g/mol. The largest absolute Gasteiger partial charge is 0.492 e. The van der Waals surface area contributed by atoms with Crippen LogP contribution >= 0.6 is 0 Å². The standard InChI is InChI=1S/C19H19N3O2/c1-3-24-18-12-8-7-11-17(18)20-13-16-14(2)21-22(19(16)23)15-9-5-4-6-10-15/h4-13,20-21H,2-3H2,1H3. The van der Waals surface area contributed by atoms with Crippen LogP contribution in [0.25, 0.3) is 18.5 Å². The topological polar surface area (TPSA) is 59.0 Å². The molecule has 0 amide bonds. The zero-order valence-corrected chi connectivity index (χ0v) is 13.5. The molecule has 5 nitrogen and oxygen atoms in total. The smallest absolute Gasteiger partial charge is 0.280 e. The normalized spacial score (nSPS) is 11.5. The number of nitrogens with one attached hydrogen (secondary N) is 2. The predicted octanol–water partition coefficient (Wildman–Crippen LogP) is 1.82. The minimum atomic E-state index is -0.160. The van der Waals surface area contributed by atoms with Crippen molar-refractivity contribution < 1.29 is 4.74 Å². The first-order chi connectivity index (χ1) is 11.7. The fourth-order valence-electron chi connectivity index (χ4n) is 2.42. The van der Waals surface area contributed by atoms with Crippen LogP contribution < -0.4 is 26.2 Å². The number of ether oxygens (including phenoxy) is 1. The van der Waals surface area contributed by atoms with Gasteiger partial charge in [-0.15, -0.1) is 0 Å². The van der Waals surface area contributed by atoms with E-state index in [9.17, 15) is 4.79 Å². The van der Waals surface area contributed by atoms with E-state index in [-0.39, 0.29) is 5.56 Å². The fourth-order valence-corrected chi connectivity index (χ4v) is 2.42. The summed E-state index contributed by atoms with van der Waals surface area (Å²) >= 11 is 0. The zero-order valence-electron chi connectivity index (χ0n) is 13.5. The summed E-state index contributed by atoms with van der Waals surface area (Å²) in [5.41, 5.74) is 1.40. The third-order valence-electron chi connectivity index (χ3n) is 3.58. The third-order valence-corrected chi connectivity index (χ3v) is 3.58. The molecule has 1 aromatic heterocycles. The molecule has 122 valence electrons. The molecule has 0 aliphatic carbocycles. The highest BCUT2D eigenvalue weighted by Crippen LogP contribution is 2.23. The second-order valence-corrected chi connectivity index (χ2v) is 5.20. The number of H-pyrrole nitrogens is 1. The molecule has 0 saturated heterocycles. The molecule has 0 spiro atoms. The molecule has 5 heteroatoms. The van der Waals surface area contributed by atoms with E-state index in [1.165, 1.54) is 4.68 Å². The predicted molar refractivity (Wildman–Crippen MR) is 96.9 cm³/mol. The van der Waals surface area contributed by atoms with Crippen molar-refractivity contribution in [3.63, 3.8) is 0 Å². The minimum absolute atomic E-state index is 0.160. The first kappa shape index (κ1) is 15.7. The molecule has 0 fully saturated rings. The Morgan fingerprint density at radius 1 is 1.17 bits per heavy atom. The van der Waals surface area contributed by atoms with Gasteiger partial charge in [0.15, 0.2) is 0 Å². The third kappa shape index (κ3) is 3.10. The van der Waals surface area contributed by atoms with Crippen molar-refractivity contribution in [1.29, 1.82) is 0 Å². The van der Waals surface area contributed by atoms with Crippen molar-refractivity contribution in [3.8, 4) is 11.4 Å². The van der Waals surface area contributed by atoms with Gasteiger partial charge < -0.3 is 10.1 Å². The van der Waals surface area contributed by atoms with Crippen molar-refractivity contribution in [2.75, 3.05) is 11.9 Å². The molecule has 3 aromatic rings. The minimum Gasteiger partial charge on any atom is -0.492 e. The van der Waals surface area contributed by atoms with Crippen molar-refractivity contribution in [3.05, 3.63) is 75.5 Å². The Bertz CT molecular complexity index is 987. The number of hydrogen-bond donors (Lipinski definition) is 2. The van der Waals surface area contributed by atoms with Gasteiger partial charge >= 0.3 is 0 Å². The second-order valence-electron chi connectivity index (χ2n) is 5.20. The van der Waals surface area contributed by atoms with Crippen LogP contribution in [-0.2, 0) is 0 Å². The first-order valence-electron chi connectivity index (χ1n) is 7.74. The highest BCUT2D eigenvalue weighted by Gasteiger charge is 2.05. The van der Waals surface area contributed by atoms with E-state index in [1.807, 2.05) is 61.5 Å². The SMILES string of the molecule is C=c1[nH]n(-c2ccccc2)c(=O)c1=CNc1ccccc1OCC. The average molecular weight is 321 g/mol. The highest BCUT2D eigenvalue weighted by atomic mass is 16.5. The van der Waals surface area contributed by atoms with E-state index in [0.717, 1.165) is 17.1 Å². The van der Waals surface area contributed by atoms with E-state index < -0.39 is 0 Å². The van der Waals surface area contributed by atoms with E-state index in [1.54, 1.807) is 6.20 Å². The molecule has 0 unspecified atom stereocenters. The summed E-state index contributed by atoms with van der Waals surface area (Å²) in [6.45, 7) is 6.42. The van der Waals surface area contributed by atoms with Crippen LogP contribution in [0.2, 0.25) is 0 Å². The number of hydrogen-bond acceptors (Lipinski definition) is 3. The van der Waals surface area contributed by atoms with Crippen LogP contribution in [0.15, 0.2) is 59.4 Å². The van der Waals surface area contributed by atoms with Crippen LogP contribution in [0.4, 0.5) is 5.69 Å². The van der Waals surface area contributed by atoms with Gasteiger partial charge in [0, 0.05) is 6.20 Å². The summed E-state index contributed by atoms with van der Waals surface area (Å²) < 4.78 is 7.05. The van der Waals surface area contributed by atoms with Crippen LogP contribution in [-0.4, -0.2) is 16.4 Å². The molecule has 2 aromatic carbocycles. The monoisotopic (exact) mass is 321 g/mol. The summed E-state index contributed by atoms with van der Waals surface area (Å²) in [5.74, 6) is 0.737. The Balaban J connectivity index is 1.99. The van der Waals surface area contributed by atoms with Crippen molar-refractivity contribution in [1.82, 2.24) is 9.78 Å². The number of rotatable bonds is 5. The van der Waals surface area contributed by atoms with E-state index in [4.69, 9.17) is 4.74 Å². The molecule has 0 bridgehead atoms. The van der Waals surface area contributed by atoms with Crippen LogP contribution in [0.1, 0.15) is 6.92 Å². The maximum Gasteiger partial charge on any atom is 0.280 e. The summed E-state index contributed by atoms with van der Waals surface area (Å²) in [4.78, 5) is 12.6. The van der Waals surface area contributed by atoms with Crippen molar-refractivity contribution in [2.24, 2.45) is 0 Å². The van der Waals surface area contributed by atoms with Gasteiger partial charge in [0.05, 0.1) is 28.5 Å². The number of benzene rings is 2. The number of aromatic nitrogens is 2. The molecular formula is C19H19N3O2. The van der Waals surface area contributed by atoms with Gasteiger partial charge in [-0.25, -0.2) is 4.68 Å². The van der Waals surface area contributed by atoms with Crippen molar-refractivity contribution >= 4 is 18.5 Å². The van der Waals surface area contributed by atoms with Gasteiger partial charge in [-0.05, 0) is 31.2 Å². The number of anilines is 1. The number of para-hydroxylation sites is 3. The van der Waals surface area contributed by atoms with Crippen LogP contribution in [0.3, 0.4) is 0 Å². The lowest BCUT2D eigenvalue weighted by Crippen LogP contribution is -2.34. The number of nitrogens with zero attached hydrogens (tertiary/aromatic N) is 1. The molecule has 0 saturated carbocycles. The Morgan fingerprint density at radius 3 is 2.62 bits per heavy atom. The molecule has 0 radical (unpaired) electrons. The molecule has 24 heavy (non-hydrogen) atoms. The first-order valence-corrected chi connectivity index (χ1v) is 7.74.